The summed E-state index contributed by atoms with van der Waals surface area (Å²) in [4.78, 5) is 0. The number of aliphatic hydroxyl groups excluding tert-OH is 2. The zero-order chi connectivity index (χ0) is 13.4. The fourth-order valence-corrected chi connectivity index (χ4v) is 6.35. The minimum Gasteiger partial charge on any atom is -0.394 e. The Kier molecular flexibility index (Phi) is 3.64. The van der Waals surface area contributed by atoms with Crippen LogP contribution in [0.1, 0.15) is 13.3 Å². The summed E-state index contributed by atoms with van der Waals surface area (Å²) < 4.78 is 5.99. The maximum atomic E-state index is 10.4. The lowest BCUT2D eigenvalue weighted by Crippen LogP contribution is -2.68. The summed E-state index contributed by atoms with van der Waals surface area (Å²) in [6.07, 6.45) is 0.0195. The zero-order valence-corrected chi connectivity index (χ0v) is 12.3. The zero-order valence-electron chi connectivity index (χ0n) is 11.3. The van der Waals surface area contributed by atoms with Crippen LogP contribution in [-0.2, 0) is 4.74 Å². The lowest BCUT2D eigenvalue weighted by atomic mass is 10.1. The molecule has 1 aromatic carbocycles. The summed E-state index contributed by atoms with van der Waals surface area (Å²) >= 11 is 0. The monoisotopic (exact) mass is 266 g/mol. The van der Waals surface area contributed by atoms with Gasteiger partial charge in [-0.25, -0.2) is 0 Å². The van der Waals surface area contributed by atoms with E-state index in [2.05, 4.69) is 25.2 Å². The van der Waals surface area contributed by atoms with Crippen molar-refractivity contribution in [2.45, 2.75) is 43.9 Å². The van der Waals surface area contributed by atoms with Crippen LogP contribution in [-0.4, -0.2) is 42.3 Å². The average molecular weight is 266 g/mol. The second-order valence-electron chi connectivity index (χ2n) is 5.72. The summed E-state index contributed by atoms with van der Waals surface area (Å²) in [6, 6.07) is 10.1. The highest BCUT2D eigenvalue weighted by Crippen LogP contribution is 2.37. The molecule has 0 bridgehead atoms. The van der Waals surface area contributed by atoms with Crippen LogP contribution >= 0.6 is 0 Å². The second-order valence-corrected chi connectivity index (χ2v) is 10.4. The fraction of sp³-hybridized carbons (Fsp3) is 0.571. The highest BCUT2D eigenvalue weighted by Gasteiger charge is 2.57. The van der Waals surface area contributed by atoms with Crippen molar-refractivity contribution in [1.82, 2.24) is 0 Å². The maximum Gasteiger partial charge on any atom is 0.123 e. The molecule has 0 saturated carbocycles. The van der Waals surface area contributed by atoms with E-state index < -0.39 is 19.4 Å². The summed E-state index contributed by atoms with van der Waals surface area (Å²) in [5, 5.41) is 20.6. The largest absolute Gasteiger partial charge is 0.394 e. The van der Waals surface area contributed by atoms with E-state index in [1.165, 1.54) is 5.19 Å². The van der Waals surface area contributed by atoms with Crippen LogP contribution in [0.5, 0.6) is 0 Å². The van der Waals surface area contributed by atoms with E-state index in [0.29, 0.717) is 6.42 Å². The lowest BCUT2D eigenvalue weighted by molar-refractivity contribution is -0.0566. The summed E-state index contributed by atoms with van der Waals surface area (Å²) in [7, 11) is -2.12. The number of benzene rings is 1. The summed E-state index contributed by atoms with van der Waals surface area (Å²) in [5.41, 5.74) is 0. The molecule has 0 aromatic heterocycles. The molecule has 2 rings (SSSR count). The lowest BCUT2D eigenvalue weighted by Gasteiger charge is -2.43. The van der Waals surface area contributed by atoms with Gasteiger partial charge in [0.15, 0.2) is 0 Å². The molecular formula is C14H22O3Si. The van der Waals surface area contributed by atoms with Crippen molar-refractivity contribution in [3.63, 3.8) is 0 Å². The van der Waals surface area contributed by atoms with Crippen molar-refractivity contribution in [3.05, 3.63) is 30.3 Å². The van der Waals surface area contributed by atoms with Gasteiger partial charge >= 0.3 is 0 Å². The predicted molar refractivity (Wildman–Crippen MR) is 74.5 cm³/mol. The van der Waals surface area contributed by atoms with Gasteiger partial charge in [0, 0.05) is 6.42 Å². The van der Waals surface area contributed by atoms with Crippen LogP contribution in [0, 0.1) is 0 Å². The number of ether oxygens (including phenoxy) is 1. The molecule has 0 spiro atoms. The van der Waals surface area contributed by atoms with E-state index in [4.69, 9.17) is 4.74 Å². The first-order valence-corrected chi connectivity index (χ1v) is 9.46. The van der Waals surface area contributed by atoms with Crippen molar-refractivity contribution in [1.29, 1.82) is 0 Å². The number of aliphatic hydroxyl groups is 2. The van der Waals surface area contributed by atoms with E-state index in [1.54, 1.807) is 0 Å². The van der Waals surface area contributed by atoms with Gasteiger partial charge in [0.2, 0.25) is 0 Å². The molecular weight excluding hydrogens is 244 g/mol. The Bertz CT molecular complexity index is 407. The number of rotatable bonds is 3. The molecule has 1 saturated heterocycles. The minimum atomic E-state index is -2.12. The maximum absolute atomic E-state index is 10.4. The third kappa shape index (κ3) is 1.93. The Labute approximate surface area is 109 Å². The first-order valence-electron chi connectivity index (χ1n) is 6.46. The molecule has 0 unspecified atom stereocenters. The molecule has 4 heteroatoms. The highest BCUT2D eigenvalue weighted by molar-refractivity contribution is 6.92. The fourth-order valence-electron chi connectivity index (χ4n) is 2.99. The molecule has 3 nitrogen and oxygen atoms in total. The van der Waals surface area contributed by atoms with Gasteiger partial charge in [0.25, 0.3) is 0 Å². The smallest absolute Gasteiger partial charge is 0.123 e. The molecule has 1 aliphatic rings. The van der Waals surface area contributed by atoms with E-state index >= 15 is 0 Å². The van der Waals surface area contributed by atoms with Gasteiger partial charge in [-0.1, -0.05) is 48.6 Å². The predicted octanol–water partition coefficient (Wildman–Crippen LogP) is 1.04. The standard InChI is InChI=1S/C14H22O3Si/c1-11-9-13(16)14(10-15,17-11)18(2,3)12-7-5-4-6-8-12/h4-8,11,13,15-16H,9-10H2,1-3H3/t11-,13-,14+/m1/s1. The Morgan fingerprint density at radius 3 is 2.39 bits per heavy atom. The van der Waals surface area contributed by atoms with Gasteiger partial charge in [-0.15, -0.1) is 0 Å². The van der Waals surface area contributed by atoms with Crippen molar-refractivity contribution in [2.75, 3.05) is 6.61 Å². The van der Waals surface area contributed by atoms with Gasteiger partial charge in [-0.2, -0.15) is 0 Å². The number of hydrogen-bond acceptors (Lipinski definition) is 3. The van der Waals surface area contributed by atoms with Crippen molar-refractivity contribution < 1.29 is 14.9 Å². The van der Waals surface area contributed by atoms with Gasteiger partial charge in [-0.05, 0) is 6.92 Å². The summed E-state index contributed by atoms with van der Waals surface area (Å²) in [5.74, 6) is 0. The Hall–Kier alpha value is -0.683. The highest BCUT2D eigenvalue weighted by atomic mass is 28.3. The first kappa shape index (κ1) is 13.7. The van der Waals surface area contributed by atoms with Crippen LogP contribution in [0.2, 0.25) is 13.1 Å². The molecule has 0 aliphatic carbocycles. The Balaban J connectivity index is 2.44. The van der Waals surface area contributed by atoms with Crippen LogP contribution in [0.15, 0.2) is 30.3 Å². The van der Waals surface area contributed by atoms with E-state index in [-0.39, 0.29) is 12.7 Å². The van der Waals surface area contributed by atoms with Crippen molar-refractivity contribution in [2.24, 2.45) is 0 Å². The first-order chi connectivity index (χ1) is 8.44. The average Bonchev–Trinajstić information content (AvgIpc) is 2.66. The van der Waals surface area contributed by atoms with Crippen molar-refractivity contribution in [3.8, 4) is 0 Å². The van der Waals surface area contributed by atoms with Crippen molar-refractivity contribution >= 4 is 13.3 Å². The second kappa shape index (κ2) is 4.77. The van der Waals surface area contributed by atoms with Gasteiger partial charge in [-0.3, -0.25) is 0 Å². The minimum absolute atomic E-state index is 0.00244. The molecule has 1 aliphatic heterocycles. The molecule has 18 heavy (non-hydrogen) atoms. The van der Waals surface area contributed by atoms with E-state index in [0.717, 1.165) is 0 Å². The van der Waals surface area contributed by atoms with Gasteiger partial charge in [0.05, 0.1) is 18.8 Å². The van der Waals surface area contributed by atoms with E-state index in [9.17, 15) is 10.2 Å². The SMILES string of the molecule is C[C@@H]1C[C@@H](O)[C@](CO)([Si](C)(C)c2ccccc2)O1. The molecule has 1 aromatic rings. The van der Waals surface area contributed by atoms with Crippen LogP contribution < -0.4 is 5.19 Å². The normalized spacial score (nSPS) is 32.7. The topological polar surface area (TPSA) is 49.7 Å². The molecule has 0 amide bonds. The third-order valence-corrected chi connectivity index (χ3v) is 8.80. The molecule has 1 fully saturated rings. The third-order valence-electron chi connectivity index (χ3n) is 4.29. The van der Waals surface area contributed by atoms with Gasteiger partial charge < -0.3 is 14.9 Å². The molecule has 3 atom stereocenters. The molecule has 100 valence electrons. The summed E-state index contributed by atoms with van der Waals surface area (Å²) in [6.45, 7) is 6.14. The van der Waals surface area contributed by atoms with E-state index in [1.807, 2.05) is 25.1 Å². The van der Waals surface area contributed by atoms with Gasteiger partial charge in [0.1, 0.15) is 13.3 Å². The van der Waals surface area contributed by atoms with Crippen LogP contribution in [0.25, 0.3) is 0 Å². The molecule has 0 radical (unpaired) electrons. The number of hydrogen-bond donors (Lipinski definition) is 2. The quantitative estimate of drug-likeness (QED) is 0.804. The Morgan fingerprint density at radius 1 is 1.33 bits per heavy atom. The molecule has 2 N–H and O–H groups in total. The Morgan fingerprint density at radius 2 is 1.94 bits per heavy atom. The van der Waals surface area contributed by atoms with Crippen LogP contribution in [0.4, 0.5) is 0 Å². The van der Waals surface area contributed by atoms with Crippen LogP contribution in [0.3, 0.4) is 0 Å². The molecule has 1 heterocycles.